The Morgan fingerprint density at radius 1 is 1.42 bits per heavy atom. The lowest BCUT2D eigenvalue weighted by Gasteiger charge is -2.13. The molecule has 0 fully saturated rings. The van der Waals surface area contributed by atoms with Gasteiger partial charge in [0, 0.05) is 26.1 Å². The van der Waals surface area contributed by atoms with Gasteiger partial charge in [0.2, 0.25) is 5.91 Å². The first-order valence-electron chi connectivity index (χ1n) is 6.05. The van der Waals surface area contributed by atoms with E-state index in [0.717, 1.165) is 0 Å². The highest BCUT2D eigenvalue weighted by molar-refractivity contribution is 5.93. The molecule has 3 N–H and O–H groups in total. The third-order valence-electron chi connectivity index (χ3n) is 2.72. The summed E-state index contributed by atoms with van der Waals surface area (Å²) in [6, 6.07) is 5.16. The number of carbonyl (C=O) groups is 1. The fraction of sp³-hybridized carbons (Fsp3) is 0.462. The van der Waals surface area contributed by atoms with Crippen molar-refractivity contribution in [1.82, 2.24) is 5.06 Å². The van der Waals surface area contributed by atoms with E-state index in [0.29, 0.717) is 36.5 Å². The summed E-state index contributed by atoms with van der Waals surface area (Å²) >= 11 is 0. The normalized spacial score (nSPS) is 10.5. The highest BCUT2D eigenvalue weighted by Gasteiger charge is 2.07. The van der Waals surface area contributed by atoms with Gasteiger partial charge in [0.05, 0.1) is 25.6 Å². The van der Waals surface area contributed by atoms with Gasteiger partial charge in [0.1, 0.15) is 5.75 Å². The SMILES string of the molecule is COc1ccc(NC(=O)CCCN(C)OC)c(N)c1. The first-order valence-corrected chi connectivity index (χ1v) is 6.05. The van der Waals surface area contributed by atoms with E-state index in [1.54, 1.807) is 37.5 Å². The standard InChI is InChI=1S/C13H21N3O3/c1-16(19-3)8-4-5-13(17)15-12-7-6-10(18-2)9-11(12)14/h6-7,9H,4-5,8,14H2,1-3H3,(H,15,17). The summed E-state index contributed by atoms with van der Waals surface area (Å²) < 4.78 is 5.05. The zero-order valence-electron chi connectivity index (χ0n) is 11.6. The lowest BCUT2D eigenvalue weighted by atomic mass is 10.2. The molecule has 0 saturated heterocycles. The van der Waals surface area contributed by atoms with Gasteiger partial charge >= 0.3 is 0 Å². The van der Waals surface area contributed by atoms with Crippen LogP contribution in [0.3, 0.4) is 0 Å². The Bertz CT molecular complexity index is 424. The number of hydroxylamine groups is 2. The number of methoxy groups -OCH3 is 1. The second kappa shape index (κ2) is 7.60. The van der Waals surface area contributed by atoms with Crippen molar-refractivity contribution in [3.05, 3.63) is 18.2 Å². The summed E-state index contributed by atoms with van der Waals surface area (Å²) in [5.74, 6) is 0.596. The molecule has 0 aromatic heterocycles. The van der Waals surface area contributed by atoms with Crippen molar-refractivity contribution in [2.75, 3.05) is 38.9 Å². The molecule has 0 heterocycles. The molecule has 19 heavy (non-hydrogen) atoms. The molecule has 1 aromatic carbocycles. The van der Waals surface area contributed by atoms with Gasteiger partial charge in [-0.2, -0.15) is 5.06 Å². The third kappa shape index (κ3) is 5.15. The van der Waals surface area contributed by atoms with Gasteiger partial charge in [-0.15, -0.1) is 0 Å². The Kier molecular flexibility index (Phi) is 6.11. The van der Waals surface area contributed by atoms with Crippen LogP contribution in [0.2, 0.25) is 0 Å². The molecule has 1 amide bonds. The average molecular weight is 267 g/mol. The molecule has 0 unspecified atom stereocenters. The maximum atomic E-state index is 11.7. The molecular formula is C13H21N3O3. The molecule has 106 valence electrons. The molecular weight excluding hydrogens is 246 g/mol. The summed E-state index contributed by atoms with van der Waals surface area (Å²) in [7, 11) is 4.98. The summed E-state index contributed by atoms with van der Waals surface area (Å²) in [6.45, 7) is 0.696. The fourth-order valence-electron chi connectivity index (χ4n) is 1.55. The number of carbonyl (C=O) groups excluding carboxylic acids is 1. The monoisotopic (exact) mass is 267 g/mol. The number of rotatable bonds is 7. The zero-order valence-corrected chi connectivity index (χ0v) is 11.6. The van der Waals surface area contributed by atoms with Crippen LogP contribution in [-0.2, 0) is 9.63 Å². The van der Waals surface area contributed by atoms with Crippen LogP contribution in [0.15, 0.2) is 18.2 Å². The average Bonchev–Trinajstić information content (AvgIpc) is 2.40. The van der Waals surface area contributed by atoms with Gasteiger partial charge in [0.15, 0.2) is 0 Å². The van der Waals surface area contributed by atoms with Crippen LogP contribution in [0.5, 0.6) is 5.75 Å². The first-order chi connectivity index (χ1) is 9.06. The van der Waals surface area contributed by atoms with Crippen LogP contribution in [0.4, 0.5) is 11.4 Å². The van der Waals surface area contributed by atoms with E-state index in [1.165, 1.54) is 0 Å². The lowest BCUT2D eigenvalue weighted by Crippen LogP contribution is -2.20. The van der Waals surface area contributed by atoms with E-state index in [4.69, 9.17) is 15.3 Å². The number of anilines is 2. The van der Waals surface area contributed by atoms with Gasteiger partial charge in [0.25, 0.3) is 0 Å². The number of hydrogen-bond donors (Lipinski definition) is 2. The second-order valence-electron chi connectivity index (χ2n) is 4.14. The van der Waals surface area contributed by atoms with E-state index in [9.17, 15) is 4.79 Å². The van der Waals surface area contributed by atoms with Crippen LogP contribution < -0.4 is 15.8 Å². The van der Waals surface area contributed by atoms with Crippen molar-refractivity contribution in [2.24, 2.45) is 0 Å². The van der Waals surface area contributed by atoms with Gasteiger partial charge < -0.3 is 20.6 Å². The van der Waals surface area contributed by atoms with Gasteiger partial charge in [-0.3, -0.25) is 4.79 Å². The predicted octanol–water partition coefficient (Wildman–Crippen LogP) is 1.49. The second-order valence-corrected chi connectivity index (χ2v) is 4.14. The molecule has 6 nitrogen and oxygen atoms in total. The highest BCUT2D eigenvalue weighted by Crippen LogP contribution is 2.24. The number of nitrogens with zero attached hydrogens (tertiary/aromatic N) is 1. The Labute approximate surface area is 113 Å². The molecule has 6 heteroatoms. The minimum Gasteiger partial charge on any atom is -0.497 e. The summed E-state index contributed by atoms with van der Waals surface area (Å²) in [6.07, 6.45) is 1.13. The number of amides is 1. The van der Waals surface area contributed by atoms with Crippen LogP contribution in [0, 0.1) is 0 Å². The number of nitrogen functional groups attached to an aromatic ring is 1. The Morgan fingerprint density at radius 3 is 2.74 bits per heavy atom. The number of nitrogens with one attached hydrogen (secondary N) is 1. The molecule has 0 spiro atoms. The number of ether oxygens (including phenoxy) is 1. The van der Waals surface area contributed by atoms with Gasteiger partial charge in [-0.25, -0.2) is 0 Å². The number of nitrogens with two attached hydrogens (primary N) is 1. The van der Waals surface area contributed by atoms with Crippen molar-refractivity contribution in [1.29, 1.82) is 0 Å². The van der Waals surface area contributed by atoms with Gasteiger partial charge in [-0.1, -0.05) is 0 Å². The van der Waals surface area contributed by atoms with E-state index >= 15 is 0 Å². The van der Waals surface area contributed by atoms with Crippen LogP contribution in [0.1, 0.15) is 12.8 Å². The number of hydrogen-bond acceptors (Lipinski definition) is 5. The highest BCUT2D eigenvalue weighted by atomic mass is 16.7. The Balaban J connectivity index is 2.44. The molecule has 0 radical (unpaired) electrons. The van der Waals surface area contributed by atoms with Crippen molar-refractivity contribution >= 4 is 17.3 Å². The van der Waals surface area contributed by atoms with E-state index in [2.05, 4.69) is 5.32 Å². The van der Waals surface area contributed by atoms with E-state index in [1.807, 2.05) is 7.05 Å². The molecule has 0 aliphatic heterocycles. The van der Waals surface area contributed by atoms with Crippen molar-refractivity contribution in [3.63, 3.8) is 0 Å². The molecule has 0 atom stereocenters. The first kappa shape index (κ1) is 15.3. The zero-order chi connectivity index (χ0) is 14.3. The van der Waals surface area contributed by atoms with Crippen LogP contribution >= 0.6 is 0 Å². The van der Waals surface area contributed by atoms with Crippen molar-refractivity contribution < 1.29 is 14.4 Å². The maximum Gasteiger partial charge on any atom is 0.224 e. The van der Waals surface area contributed by atoms with Gasteiger partial charge in [-0.05, 0) is 18.6 Å². The molecule has 1 rings (SSSR count). The van der Waals surface area contributed by atoms with Crippen LogP contribution in [-0.4, -0.2) is 38.8 Å². The summed E-state index contributed by atoms with van der Waals surface area (Å²) in [4.78, 5) is 16.7. The Hall–Kier alpha value is -1.79. The minimum atomic E-state index is -0.0682. The minimum absolute atomic E-state index is 0.0682. The summed E-state index contributed by atoms with van der Waals surface area (Å²) in [5.41, 5.74) is 6.91. The third-order valence-corrected chi connectivity index (χ3v) is 2.72. The fourth-order valence-corrected chi connectivity index (χ4v) is 1.55. The van der Waals surface area contributed by atoms with E-state index in [-0.39, 0.29) is 5.91 Å². The number of benzene rings is 1. The topological polar surface area (TPSA) is 76.8 Å². The molecule has 0 aliphatic carbocycles. The summed E-state index contributed by atoms with van der Waals surface area (Å²) in [5, 5.41) is 4.45. The molecule has 0 aliphatic rings. The Morgan fingerprint density at radius 2 is 2.16 bits per heavy atom. The van der Waals surface area contributed by atoms with Crippen molar-refractivity contribution in [3.8, 4) is 5.75 Å². The van der Waals surface area contributed by atoms with Crippen molar-refractivity contribution in [2.45, 2.75) is 12.8 Å². The lowest BCUT2D eigenvalue weighted by molar-refractivity contribution is -0.119. The molecule has 0 bridgehead atoms. The molecule has 1 aromatic rings. The predicted molar refractivity (Wildman–Crippen MR) is 74.9 cm³/mol. The quantitative estimate of drug-likeness (QED) is 0.578. The molecule has 0 saturated carbocycles. The largest absolute Gasteiger partial charge is 0.497 e. The van der Waals surface area contributed by atoms with Crippen LogP contribution in [0.25, 0.3) is 0 Å². The smallest absolute Gasteiger partial charge is 0.224 e. The maximum absolute atomic E-state index is 11.7. The van der Waals surface area contributed by atoms with E-state index < -0.39 is 0 Å².